The lowest BCUT2D eigenvalue weighted by molar-refractivity contribution is 0.673. The minimum atomic E-state index is 0.827. The fraction of sp³-hybridized carbons (Fsp3) is 0. The van der Waals surface area contributed by atoms with E-state index in [9.17, 15) is 0 Å². The molecule has 0 aliphatic carbocycles. The summed E-state index contributed by atoms with van der Waals surface area (Å²) in [6.45, 7) is 0. The van der Waals surface area contributed by atoms with Gasteiger partial charge in [-0.1, -0.05) is 158 Å². The molecule has 0 aliphatic rings. The van der Waals surface area contributed by atoms with Gasteiger partial charge < -0.3 is 14.2 Å². The van der Waals surface area contributed by atoms with E-state index in [0.29, 0.717) is 0 Å². The highest BCUT2D eigenvalue weighted by Crippen LogP contribution is 2.49. The van der Waals surface area contributed by atoms with E-state index in [4.69, 9.17) is 4.42 Å². The number of hydrogen-bond acceptors (Lipinski definition) is 3. The summed E-state index contributed by atoms with van der Waals surface area (Å²) in [5.41, 5.74) is 12.5. The third kappa shape index (κ3) is 5.89. The molecule has 0 amide bonds. The number of fused-ring (bicyclic) bond motifs is 5. The van der Waals surface area contributed by atoms with Gasteiger partial charge in [0.15, 0.2) is 5.58 Å². The van der Waals surface area contributed by atoms with E-state index < -0.39 is 0 Å². The van der Waals surface area contributed by atoms with Crippen molar-refractivity contribution in [1.82, 2.24) is 0 Å². The van der Waals surface area contributed by atoms with Crippen LogP contribution < -0.4 is 9.80 Å². The normalized spacial score (nSPS) is 11.3. The molecule has 0 bridgehead atoms. The van der Waals surface area contributed by atoms with E-state index in [1.165, 1.54) is 5.56 Å². The van der Waals surface area contributed by atoms with Crippen LogP contribution in [-0.2, 0) is 0 Å². The van der Waals surface area contributed by atoms with Crippen molar-refractivity contribution in [2.45, 2.75) is 0 Å². The van der Waals surface area contributed by atoms with Crippen molar-refractivity contribution in [1.29, 1.82) is 0 Å². The molecule has 1 aromatic heterocycles. The Labute approximate surface area is 320 Å². The lowest BCUT2D eigenvalue weighted by Gasteiger charge is -2.31. The molecule has 0 atom stereocenters. The van der Waals surface area contributed by atoms with Gasteiger partial charge in [-0.15, -0.1) is 0 Å². The highest BCUT2D eigenvalue weighted by atomic mass is 16.3. The maximum atomic E-state index is 7.11. The molecule has 55 heavy (non-hydrogen) atoms. The molecule has 0 spiro atoms. The van der Waals surface area contributed by atoms with Gasteiger partial charge in [0.25, 0.3) is 0 Å². The van der Waals surface area contributed by atoms with Gasteiger partial charge in [-0.2, -0.15) is 0 Å². The molecule has 1 heterocycles. The van der Waals surface area contributed by atoms with Crippen LogP contribution in [0.2, 0.25) is 0 Å². The van der Waals surface area contributed by atoms with Gasteiger partial charge in [0.05, 0.1) is 11.4 Å². The number of furan rings is 1. The first-order chi connectivity index (χ1) is 27.3. The zero-order valence-electron chi connectivity index (χ0n) is 30.1. The summed E-state index contributed by atoms with van der Waals surface area (Å²) in [5, 5.41) is 4.36. The van der Waals surface area contributed by atoms with Crippen LogP contribution in [0.5, 0.6) is 0 Å². The SMILES string of the molecule is c1ccc(-c2cccc(N(c3ccccc3)c3cc(N(c4ccccc4)c4ccccc4-c4ccccc4)cc4c3oc3c5ccccc5ccc43)c2)cc1. The fourth-order valence-corrected chi connectivity index (χ4v) is 7.86. The van der Waals surface area contributed by atoms with Gasteiger partial charge >= 0.3 is 0 Å². The summed E-state index contributed by atoms with van der Waals surface area (Å²) in [7, 11) is 0. The first-order valence-electron chi connectivity index (χ1n) is 18.7. The van der Waals surface area contributed by atoms with Crippen LogP contribution in [0, 0.1) is 0 Å². The predicted molar refractivity (Wildman–Crippen MR) is 231 cm³/mol. The highest BCUT2D eigenvalue weighted by molar-refractivity contribution is 6.18. The molecule has 9 aromatic carbocycles. The molecule has 260 valence electrons. The van der Waals surface area contributed by atoms with E-state index in [-0.39, 0.29) is 0 Å². The van der Waals surface area contributed by atoms with Crippen LogP contribution >= 0.6 is 0 Å². The molecule has 10 rings (SSSR count). The Morgan fingerprint density at radius 3 is 1.58 bits per heavy atom. The van der Waals surface area contributed by atoms with Crippen LogP contribution in [0.3, 0.4) is 0 Å². The number of para-hydroxylation sites is 3. The number of nitrogens with zero attached hydrogens (tertiary/aromatic N) is 2. The van der Waals surface area contributed by atoms with E-state index in [0.717, 1.165) is 83.5 Å². The molecule has 0 fully saturated rings. The Bertz CT molecular complexity index is 2920. The van der Waals surface area contributed by atoms with Crippen molar-refractivity contribution in [3.63, 3.8) is 0 Å². The van der Waals surface area contributed by atoms with Gasteiger partial charge in [-0.3, -0.25) is 0 Å². The summed E-state index contributed by atoms with van der Waals surface area (Å²) in [4.78, 5) is 4.73. The Hall–Kier alpha value is -7.36. The zero-order valence-corrected chi connectivity index (χ0v) is 30.1. The summed E-state index contributed by atoms with van der Waals surface area (Å²) < 4.78 is 7.11. The minimum absolute atomic E-state index is 0.827. The van der Waals surface area contributed by atoms with Gasteiger partial charge in [0.2, 0.25) is 0 Å². The Kier molecular flexibility index (Phi) is 8.16. The number of benzene rings is 9. The highest BCUT2D eigenvalue weighted by Gasteiger charge is 2.25. The van der Waals surface area contributed by atoms with Crippen LogP contribution in [0.25, 0.3) is 55.0 Å². The smallest absolute Gasteiger partial charge is 0.159 e. The van der Waals surface area contributed by atoms with Gasteiger partial charge in [0.1, 0.15) is 5.58 Å². The third-order valence-corrected chi connectivity index (χ3v) is 10.4. The summed E-state index contributed by atoms with van der Waals surface area (Å²) in [6, 6.07) is 77.5. The van der Waals surface area contributed by atoms with Crippen LogP contribution in [0.15, 0.2) is 223 Å². The molecule has 10 aromatic rings. The van der Waals surface area contributed by atoms with Gasteiger partial charge in [0, 0.05) is 44.5 Å². The fourth-order valence-electron chi connectivity index (χ4n) is 7.86. The summed E-state index contributed by atoms with van der Waals surface area (Å²) in [6.07, 6.45) is 0. The maximum absolute atomic E-state index is 7.11. The van der Waals surface area contributed by atoms with Crippen molar-refractivity contribution in [3.05, 3.63) is 218 Å². The monoisotopic (exact) mass is 704 g/mol. The standard InChI is InChI=1S/C52H36N2O/c1-5-18-37(19-6-1)40-23-17-28-43(34-40)53(41-24-9-3-10-25-41)50-36-44(35-48-47-33-32-39-22-13-14-30-46(39)51(47)55-52(48)50)54(42-26-11-4-12-27-42)49-31-16-15-29-45(49)38-20-7-2-8-21-38/h1-36H. The molecular weight excluding hydrogens is 669 g/mol. The van der Waals surface area contributed by atoms with Crippen molar-refractivity contribution >= 4 is 66.8 Å². The average molecular weight is 705 g/mol. The second-order valence-electron chi connectivity index (χ2n) is 13.7. The molecule has 0 unspecified atom stereocenters. The topological polar surface area (TPSA) is 19.6 Å². The average Bonchev–Trinajstić information content (AvgIpc) is 3.65. The molecule has 3 heteroatoms. The van der Waals surface area contributed by atoms with Crippen LogP contribution in [0.4, 0.5) is 34.1 Å². The molecule has 0 radical (unpaired) electrons. The molecule has 0 saturated heterocycles. The van der Waals surface area contributed by atoms with E-state index in [1.807, 2.05) is 0 Å². The number of hydrogen-bond donors (Lipinski definition) is 0. The molecule has 0 N–H and O–H groups in total. The van der Waals surface area contributed by atoms with Crippen LogP contribution in [-0.4, -0.2) is 0 Å². The second kappa shape index (κ2) is 13.9. The van der Waals surface area contributed by atoms with Crippen molar-refractivity contribution < 1.29 is 4.42 Å². The third-order valence-electron chi connectivity index (χ3n) is 10.4. The summed E-state index contributed by atoms with van der Waals surface area (Å²) >= 11 is 0. The minimum Gasteiger partial charge on any atom is -0.453 e. The lowest BCUT2D eigenvalue weighted by Crippen LogP contribution is -2.14. The second-order valence-corrected chi connectivity index (χ2v) is 13.7. The van der Waals surface area contributed by atoms with E-state index in [2.05, 4.69) is 228 Å². The van der Waals surface area contributed by atoms with Gasteiger partial charge in [-0.25, -0.2) is 0 Å². The lowest BCUT2D eigenvalue weighted by atomic mass is 10.0. The molecule has 0 aliphatic heterocycles. The predicted octanol–water partition coefficient (Wildman–Crippen LogP) is 15.0. The van der Waals surface area contributed by atoms with Crippen LogP contribution in [0.1, 0.15) is 0 Å². The van der Waals surface area contributed by atoms with E-state index in [1.54, 1.807) is 0 Å². The van der Waals surface area contributed by atoms with E-state index >= 15 is 0 Å². The van der Waals surface area contributed by atoms with Gasteiger partial charge in [-0.05, 0) is 82.7 Å². The Morgan fingerprint density at radius 1 is 0.291 bits per heavy atom. The molecular formula is C52H36N2O. The first-order valence-corrected chi connectivity index (χ1v) is 18.7. The van der Waals surface area contributed by atoms with Crippen molar-refractivity contribution in [2.24, 2.45) is 0 Å². The first kappa shape index (κ1) is 32.3. The Balaban J connectivity index is 1.30. The van der Waals surface area contributed by atoms with Crippen molar-refractivity contribution in [2.75, 3.05) is 9.80 Å². The summed E-state index contributed by atoms with van der Waals surface area (Å²) in [5.74, 6) is 0. The quantitative estimate of drug-likeness (QED) is 0.157. The largest absolute Gasteiger partial charge is 0.453 e. The zero-order chi connectivity index (χ0) is 36.6. The molecule has 3 nitrogen and oxygen atoms in total. The maximum Gasteiger partial charge on any atom is 0.159 e. The number of anilines is 6. The number of rotatable bonds is 8. The molecule has 0 saturated carbocycles. The van der Waals surface area contributed by atoms with Crippen molar-refractivity contribution in [3.8, 4) is 22.3 Å². The Morgan fingerprint density at radius 2 is 0.855 bits per heavy atom.